The van der Waals surface area contributed by atoms with Crippen LogP contribution in [0.4, 0.5) is 18.9 Å². The Morgan fingerprint density at radius 1 is 1.41 bits per heavy atom. The van der Waals surface area contributed by atoms with Crippen molar-refractivity contribution >= 4 is 29.6 Å². The number of hydrogen-bond acceptors (Lipinski definition) is 5. The van der Waals surface area contributed by atoms with Crippen LogP contribution in [-0.2, 0) is 21.2 Å². The minimum absolute atomic E-state index is 0.00821. The number of ether oxygens (including phenoxy) is 1. The van der Waals surface area contributed by atoms with Crippen LogP contribution in [0.15, 0.2) is 18.2 Å². The van der Waals surface area contributed by atoms with Crippen LogP contribution in [0.1, 0.15) is 15.9 Å². The molecule has 0 heterocycles. The third kappa shape index (κ3) is 5.22. The summed E-state index contributed by atoms with van der Waals surface area (Å²) in [6.07, 6.45) is -8.18. The molecule has 1 atom stereocenters. The second-order valence-electron chi connectivity index (χ2n) is 4.31. The average molecular weight is 337 g/mol. The van der Waals surface area contributed by atoms with E-state index in [2.05, 4.69) is 4.74 Å². The van der Waals surface area contributed by atoms with Gasteiger partial charge in [0.1, 0.15) is 5.75 Å². The molecule has 0 amide bonds. The maximum Gasteiger partial charge on any atom is 0.426 e. The summed E-state index contributed by atoms with van der Waals surface area (Å²) in [6, 6.07) is 3.86. The first-order valence-electron chi connectivity index (χ1n) is 5.75. The van der Waals surface area contributed by atoms with E-state index in [1.165, 1.54) is 12.1 Å². The van der Waals surface area contributed by atoms with Gasteiger partial charge in [-0.25, -0.2) is 4.79 Å². The normalized spacial score (nSPS) is 13.6. The van der Waals surface area contributed by atoms with Crippen LogP contribution < -0.4 is 5.73 Å². The Kier molecular flexibility index (Phi) is 5.47. The fourth-order valence-electron chi connectivity index (χ4n) is 1.49. The molecule has 0 saturated heterocycles. The lowest BCUT2D eigenvalue weighted by Gasteiger charge is -2.20. The van der Waals surface area contributed by atoms with Gasteiger partial charge in [-0.3, -0.25) is 4.55 Å². The van der Waals surface area contributed by atoms with E-state index in [0.29, 0.717) is 5.56 Å². The van der Waals surface area contributed by atoms with Gasteiger partial charge in [0.2, 0.25) is 6.10 Å². The van der Waals surface area contributed by atoms with Gasteiger partial charge in [0.05, 0.1) is 13.4 Å². The van der Waals surface area contributed by atoms with Crippen LogP contribution in [-0.4, -0.2) is 44.8 Å². The van der Waals surface area contributed by atoms with Crippen molar-refractivity contribution in [1.82, 2.24) is 0 Å². The van der Waals surface area contributed by atoms with Gasteiger partial charge in [0, 0.05) is 5.69 Å². The molecule has 0 aliphatic heterocycles. The lowest BCUT2D eigenvalue weighted by Crippen LogP contribution is -2.39. The van der Waals surface area contributed by atoms with Gasteiger partial charge < -0.3 is 10.5 Å². The van der Waals surface area contributed by atoms with Gasteiger partial charge in [-0.05, 0) is 12.1 Å². The summed E-state index contributed by atoms with van der Waals surface area (Å²) in [5.41, 5.74) is 5.34. The number of alkyl halides is 3. The summed E-state index contributed by atoms with van der Waals surface area (Å²) in [6.45, 7) is 0. The molecule has 22 heavy (non-hydrogen) atoms. The molecular weight excluding hydrogens is 326 g/mol. The molecule has 0 fully saturated rings. The highest BCUT2D eigenvalue weighted by Crippen LogP contribution is 2.26. The topological polar surface area (TPSA) is 107 Å². The molecule has 11 heteroatoms. The van der Waals surface area contributed by atoms with Crippen molar-refractivity contribution in [3.8, 4) is 0 Å². The molecule has 1 aromatic rings. The maximum atomic E-state index is 12.7. The minimum atomic E-state index is -5.17. The summed E-state index contributed by atoms with van der Waals surface area (Å²) in [4.78, 5) is 11.8. The molecule has 1 unspecified atom stereocenters. The molecule has 0 bridgehead atoms. The monoisotopic (exact) mass is 337 g/mol. The van der Waals surface area contributed by atoms with Crippen molar-refractivity contribution in [2.45, 2.75) is 18.6 Å². The Morgan fingerprint density at radius 2 is 2.00 bits per heavy atom. The fraction of sp³-hybridized carbons (Fsp3) is 0.364. The van der Waals surface area contributed by atoms with Crippen molar-refractivity contribution in [2.24, 2.45) is 0 Å². The molecule has 0 aliphatic carbocycles. The smallest absolute Gasteiger partial charge is 0.426 e. The van der Waals surface area contributed by atoms with E-state index in [9.17, 15) is 26.4 Å². The van der Waals surface area contributed by atoms with Gasteiger partial charge in [-0.2, -0.15) is 21.6 Å². The van der Waals surface area contributed by atoms with Crippen LogP contribution in [0.3, 0.4) is 0 Å². The SMILES string of the molecule is [B]Cc1ccc(N)c(C(=O)OC(CS(=O)(=O)O)C(F)(F)F)c1. The van der Waals surface area contributed by atoms with Crippen molar-refractivity contribution in [3.63, 3.8) is 0 Å². The quantitative estimate of drug-likeness (QED) is 0.358. The number of hydrogen-bond donors (Lipinski definition) is 2. The van der Waals surface area contributed by atoms with Crippen molar-refractivity contribution in [1.29, 1.82) is 0 Å². The maximum absolute atomic E-state index is 12.7. The van der Waals surface area contributed by atoms with Crippen LogP contribution >= 0.6 is 0 Å². The minimum Gasteiger partial charge on any atom is -0.448 e. The standard InChI is InChI=1S/C11H11BF3NO5S/c12-4-6-1-2-8(16)7(3-6)10(17)21-9(11(13,14)15)5-22(18,19)20/h1-3,9H,4-5,16H2,(H,18,19,20). The number of rotatable bonds is 5. The van der Waals surface area contributed by atoms with Crippen LogP contribution in [0.2, 0.25) is 0 Å². The highest BCUT2D eigenvalue weighted by atomic mass is 32.2. The number of benzene rings is 1. The molecule has 1 rings (SSSR count). The lowest BCUT2D eigenvalue weighted by molar-refractivity contribution is -0.197. The van der Waals surface area contributed by atoms with E-state index in [0.717, 1.165) is 6.07 Å². The predicted octanol–water partition coefficient (Wildman–Crippen LogP) is 0.913. The number of halogens is 3. The Hall–Kier alpha value is -1.75. The number of carbonyl (C=O) groups is 1. The van der Waals surface area contributed by atoms with Gasteiger partial charge in [-0.1, -0.05) is 17.9 Å². The molecule has 0 saturated carbocycles. The second kappa shape index (κ2) is 6.57. The van der Waals surface area contributed by atoms with Gasteiger partial charge >= 0.3 is 12.1 Å². The molecule has 0 spiro atoms. The van der Waals surface area contributed by atoms with Crippen molar-refractivity contribution in [2.75, 3.05) is 11.5 Å². The zero-order valence-electron chi connectivity index (χ0n) is 11.0. The Morgan fingerprint density at radius 3 is 2.45 bits per heavy atom. The van der Waals surface area contributed by atoms with Crippen molar-refractivity contribution in [3.05, 3.63) is 29.3 Å². The van der Waals surface area contributed by atoms with Crippen LogP contribution in [0.25, 0.3) is 0 Å². The molecule has 3 N–H and O–H groups in total. The van der Waals surface area contributed by atoms with Gasteiger partial charge in [0.15, 0.2) is 0 Å². The zero-order chi connectivity index (χ0) is 17.1. The highest BCUT2D eigenvalue weighted by Gasteiger charge is 2.45. The molecule has 1 aromatic carbocycles. The van der Waals surface area contributed by atoms with E-state index in [1.54, 1.807) is 0 Å². The van der Waals surface area contributed by atoms with E-state index >= 15 is 0 Å². The first-order valence-corrected chi connectivity index (χ1v) is 7.36. The summed E-state index contributed by atoms with van der Waals surface area (Å²) in [5.74, 6) is -3.28. The van der Waals surface area contributed by atoms with E-state index < -0.39 is 34.1 Å². The number of nitrogen functional groups attached to an aromatic ring is 1. The molecule has 2 radical (unpaired) electrons. The third-order valence-corrected chi connectivity index (χ3v) is 3.27. The number of nitrogens with two attached hydrogens (primary N) is 1. The second-order valence-corrected chi connectivity index (χ2v) is 5.81. The first-order chi connectivity index (χ1) is 9.94. The molecule has 0 aliphatic rings. The average Bonchev–Trinajstić information content (AvgIpc) is 2.35. The Bertz CT molecular complexity index is 662. The first kappa shape index (κ1) is 18.3. The van der Waals surface area contributed by atoms with E-state index in [4.69, 9.17) is 18.1 Å². The van der Waals surface area contributed by atoms with Crippen LogP contribution in [0.5, 0.6) is 0 Å². The molecular formula is C11H11BF3NO5S. The molecule has 120 valence electrons. The van der Waals surface area contributed by atoms with Gasteiger partial charge in [0.25, 0.3) is 10.1 Å². The van der Waals surface area contributed by atoms with Crippen molar-refractivity contribution < 1.29 is 35.7 Å². The highest BCUT2D eigenvalue weighted by molar-refractivity contribution is 7.85. The summed E-state index contributed by atoms with van der Waals surface area (Å²) < 4.78 is 71.8. The molecule has 6 nitrogen and oxygen atoms in total. The summed E-state index contributed by atoms with van der Waals surface area (Å²) >= 11 is 0. The number of esters is 1. The summed E-state index contributed by atoms with van der Waals surface area (Å²) in [7, 11) is 0.332. The lowest BCUT2D eigenvalue weighted by atomic mass is 9.95. The molecule has 0 aromatic heterocycles. The predicted molar refractivity (Wildman–Crippen MR) is 72.0 cm³/mol. The Labute approximate surface area is 125 Å². The van der Waals surface area contributed by atoms with Gasteiger partial charge in [-0.15, -0.1) is 0 Å². The third-order valence-electron chi connectivity index (χ3n) is 2.55. The fourth-order valence-corrected chi connectivity index (χ4v) is 2.13. The Balaban J connectivity index is 3.06. The van der Waals surface area contributed by atoms with E-state index in [1.807, 2.05) is 0 Å². The summed E-state index contributed by atoms with van der Waals surface area (Å²) in [5, 5.41) is 0. The van der Waals surface area contributed by atoms with Crippen LogP contribution in [0, 0.1) is 0 Å². The largest absolute Gasteiger partial charge is 0.448 e. The number of carbonyl (C=O) groups excluding carboxylic acids is 1. The zero-order valence-corrected chi connectivity index (χ0v) is 11.8. The van der Waals surface area contributed by atoms with E-state index in [-0.39, 0.29) is 17.6 Å². The number of anilines is 1.